The van der Waals surface area contributed by atoms with Crippen LogP contribution in [0.25, 0.3) is 22.4 Å². The fraction of sp³-hybridized carbons (Fsp3) is 0.130. The molecule has 0 saturated carbocycles. The summed E-state index contributed by atoms with van der Waals surface area (Å²) in [6.07, 6.45) is 1.65. The van der Waals surface area contributed by atoms with Gasteiger partial charge in [-0.25, -0.2) is 4.98 Å². The van der Waals surface area contributed by atoms with Crippen molar-refractivity contribution in [1.82, 2.24) is 9.97 Å². The van der Waals surface area contributed by atoms with E-state index in [4.69, 9.17) is 27.0 Å². The van der Waals surface area contributed by atoms with Crippen molar-refractivity contribution in [2.75, 3.05) is 5.32 Å². The summed E-state index contributed by atoms with van der Waals surface area (Å²) in [7, 11) is 0. The Labute approximate surface area is 207 Å². The number of aryl methyl sites for hydroxylation is 1. The van der Waals surface area contributed by atoms with E-state index in [9.17, 15) is 4.79 Å². The van der Waals surface area contributed by atoms with Gasteiger partial charge in [0.05, 0.1) is 17.1 Å². The van der Waals surface area contributed by atoms with Crippen LogP contribution in [0.15, 0.2) is 63.0 Å². The average Bonchev–Trinajstić information content (AvgIpc) is 2.82. The summed E-state index contributed by atoms with van der Waals surface area (Å²) in [5, 5.41) is 16.2. The molecule has 1 aromatic carbocycles. The molecule has 4 N–H and O–H groups in total. The van der Waals surface area contributed by atoms with Gasteiger partial charge in [-0.2, -0.15) is 0 Å². The van der Waals surface area contributed by atoms with Crippen molar-refractivity contribution >= 4 is 56.7 Å². The van der Waals surface area contributed by atoms with Crippen molar-refractivity contribution in [3.63, 3.8) is 0 Å². The number of anilines is 1. The second kappa shape index (κ2) is 9.36. The van der Waals surface area contributed by atoms with Crippen LogP contribution in [-0.4, -0.2) is 21.0 Å². The van der Waals surface area contributed by atoms with E-state index in [1.54, 1.807) is 30.5 Å². The number of nitrogens with one attached hydrogen (secondary N) is 1. The van der Waals surface area contributed by atoms with Gasteiger partial charge in [-0.1, -0.05) is 28.9 Å². The monoisotopic (exact) mass is 575 g/mol. The molecule has 0 unspecified atom stereocenters. The van der Waals surface area contributed by atoms with E-state index in [1.807, 2.05) is 54.6 Å². The van der Waals surface area contributed by atoms with Gasteiger partial charge in [0.1, 0.15) is 25.7 Å². The van der Waals surface area contributed by atoms with Crippen molar-refractivity contribution in [3.8, 4) is 11.5 Å². The number of hydrogen-bond donors (Lipinski definition) is 3. The minimum atomic E-state index is -0.333. The number of nitrogens with zero attached hydrogens (tertiary/aromatic N) is 3. The lowest BCUT2D eigenvalue weighted by molar-refractivity contribution is 0.318. The molecular formula is C23H19ClIN5O3. The Morgan fingerprint density at radius 1 is 1.30 bits per heavy atom. The Bertz CT molecular complexity index is 1440. The van der Waals surface area contributed by atoms with Crippen LogP contribution in [-0.2, 0) is 0 Å². The van der Waals surface area contributed by atoms with E-state index in [0.29, 0.717) is 31.7 Å². The quantitative estimate of drug-likeness (QED) is 0.0756. The van der Waals surface area contributed by atoms with Crippen molar-refractivity contribution < 1.29 is 9.62 Å². The Kier molecular flexibility index (Phi) is 6.52. The van der Waals surface area contributed by atoms with Gasteiger partial charge in [0.2, 0.25) is 5.43 Å². The number of fused-ring (bicyclic) bond motifs is 1. The SMILES string of the molecule is Cc1cc([C@@H](C)Nc2ccc(Cl)nc2/C(N)=N/O)c2oc(-c3ccccn3)c(I)c(=O)c2c1. The van der Waals surface area contributed by atoms with Crippen LogP contribution in [0.1, 0.15) is 29.8 Å². The summed E-state index contributed by atoms with van der Waals surface area (Å²) in [5.74, 6) is 0.233. The van der Waals surface area contributed by atoms with E-state index in [1.165, 1.54) is 0 Å². The van der Waals surface area contributed by atoms with Gasteiger partial charge in [-0.05, 0) is 72.3 Å². The molecule has 0 saturated heterocycles. The number of nitrogens with two attached hydrogens (primary N) is 1. The molecule has 0 aliphatic heterocycles. The van der Waals surface area contributed by atoms with E-state index in [-0.39, 0.29) is 28.2 Å². The van der Waals surface area contributed by atoms with Gasteiger partial charge in [-0.15, -0.1) is 0 Å². The van der Waals surface area contributed by atoms with Gasteiger partial charge in [0.25, 0.3) is 0 Å². The highest BCUT2D eigenvalue weighted by molar-refractivity contribution is 14.1. The van der Waals surface area contributed by atoms with Crippen molar-refractivity contribution in [2.24, 2.45) is 10.9 Å². The van der Waals surface area contributed by atoms with Gasteiger partial charge < -0.3 is 20.7 Å². The van der Waals surface area contributed by atoms with Crippen LogP contribution >= 0.6 is 34.2 Å². The lowest BCUT2D eigenvalue weighted by Gasteiger charge is -2.20. The second-order valence-electron chi connectivity index (χ2n) is 7.40. The standard InChI is InChI=1S/C23H19ClIN5O3/c1-11-9-13(12(2)28-15-6-7-17(24)29-19(15)23(26)30-32)21-14(10-11)20(31)18(25)22(33-21)16-5-3-4-8-27-16/h3-10,12,28,32H,1-2H3,(H2,26,30)/t12-/m1/s1. The lowest BCUT2D eigenvalue weighted by Crippen LogP contribution is -2.19. The summed E-state index contributed by atoms with van der Waals surface area (Å²) in [6, 6.07) is 12.2. The minimum absolute atomic E-state index is 0.125. The normalized spacial score (nSPS) is 12.7. The van der Waals surface area contributed by atoms with Crippen molar-refractivity contribution in [3.05, 3.63) is 84.4 Å². The number of amidine groups is 1. The molecule has 0 radical (unpaired) electrons. The molecule has 0 spiro atoms. The molecule has 3 aromatic heterocycles. The zero-order valence-corrected chi connectivity index (χ0v) is 20.5. The fourth-order valence-corrected chi connectivity index (χ4v) is 4.37. The Morgan fingerprint density at radius 2 is 2.09 bits per heavy atom. The average molecular weight is 576 g/mol. The highest BCUT2D eigenvalue weighted by atomic mass is 127. The zero-order valence-electron chi connectivity index (χ0n) is 17.6. The third-order valence-corrected chi connectivity index (χ3v) is 6.25. The first-order valence-electron chi connectivity index (χ1n) is 9.89. The number of halogens is 2. The first-order valence-corrected chi connectivity index (χ1v) is 11.3. The third-order valence-electron chi connectivity index (χ3n) is 5.06. The Morgan fingerprint density at radius 3 is 2.79 bits per heavy atom. The molecule has 10 heteroatoms. The highest BCUT2D eigenvalue weighted by Crippen LogP contribution is 2.32. The molecule has 0 aliphatic rings. The van der Waals surface area contributed by atoms with Crippen LogP contribution in [0, 0.1) is 10.5 Å². The molecule has 3 heterocycles. The smallest absolute Gasteiger partial charge is 0.206 e. The number of pyridine rings is 2. The zero-order chi connectivity index (χ0) is 23.7. The highest BCUT2D eigenvalue weighted by Gasteiger charge is 2.21. The molecule has 8 nitrogen and oxygen atoms in total. The first kappa shape index (κ1) is 23.0. The van der Waals surface area contributed by atoms with Crippen LogP contribution in [0.3, 0.4) is 0 Å². The number of oxime groups is 1. The lowest BCUT2D eigenvalue weighted by atomic mass is 10.0. The fourth-order valence-electron chi connectivity index (χ4n) is 3.54. The van der Waals surface area contributed by atoms with Gasteiger partial charge in [0.15, 0.2) is 11.6 Å². The maximum absolute atomic E-state index is 13.2. The molecule has 4 aromatic rings. The third kappa shape index (κ3) is 4.51. The number of benzene rings is 1. The molecule has 0 fully saturated rings. The van der Waals surface area contributed by atoms with Crippen molar-refractivity contribution in [2.45, 2.75) is 19.9 Å². The summed E-state index contributed by atoms with van der Waals surface area (Å²) in [6.45, 7) is 3.83. The molecule has 4 rings (SSSR count). The first-order chi connectivity index (χ1) is 15.8. The van der Waals surface area contributed by atoms with E-state index >= 15 is 0 Å². The molecule has 33 heavy (non-hydrogen) atoms. The summed E-state index contributed by atoms with van der Waals surface area (Å²) in [5.41, 5.74) is 9.08. The molecule has 1 atom stereocenters. The van der Waals surface area contributed by atoms with Crippen molar-refractivity contribution in [1.29, 1.82) is 0 Å². The predicted molar refractivity (Wildman–Crippen MR) is 137 cm³/mol. The topological polar surface area (TPSA) is 127 Å². The largest absolute Gasteiger partial charge is 0.453 e. The maximum atomic E-state index is 13.2. The van der Waals surface area contributed by atoms with Gasteiger partial charge in [-0.3, -0.25) is 9.78 Å². The number of aromatic nitrogens is 2. The van der Waals surface area contributed by atoms with Gasteiger partial charge in [0, 0.05) is 11.8 Å². The number of rotatable bonds is 5. The maximum Gasteiger partial charge on any atom is 0.206 e. The summed E-state index contributed by atoms with van der Waals surface area (Å²) >= 11 is 7.99. The van der Waals surface area contributed by atoms with Crippen LogP contribution < -0.4 is 16.5 Å². The molecular weight excluding hydrogens is 557 g/mol. The predicted octanol–water partition coefficient (Wildman–Crippen LogP) is 5.08. The molecule has 168 valence electrons. The Hall–Kier alpha value is -3.18. The molecule has 0 amide bonds. The van der Waals surface area contributed by atoms with E-state index in [2.05, 4.69) is 20.4 Å². The summed E-state index contributed by atoms with van der Waals surface area (Å²) < 4.78 is 6.75. The van der Waals surface area contributed by atoms with E-state index in [0.717, 1.165) is 11.1 Å². The summed E-state index contributed by atoms with van der Waals surface area (Å²) in [4.78, 5) is 21.7. The van der Waals surface area contributed by atoms with Crippen LogP contribution in [0.4, 0.5) is 5.69 Å². The second-order valence-corrected chi connectivity index (χ2v) is 8.87. The van der Waals surface area contributed by atoms with Gasteiger partial charge >= 0.3 is 0 Å². The Balaban J connectivity index is 1.88. The van der Waals surface area contributed by atoms with E-state index < -0.39 is 0 Å². The van der Waals surface area contributed by atoms with Crippen LogP contribution in [0.2, 0.25) is 5.15 Å². The van der Waals surface area contributed by atoms with Crippen LogP contribution in [0.5, 0.6) is 0 Å². The minimum Gasteiger partial charge on any atom is -0.453 e. The number of hydrogen-bond acceptors (Lipinski definition) is 7. The molecule has 0 aliphatic carbocycles. The molecule has 0 bridgehead atoms.